The van der Waals surface area contributed by atoms with Crippen LogP contribution in [-0.2, 0) is 27.6 Å². The van der Waals surface area contributed by atoms with Gasteiger partial charge in [0, 0.05) is 40.3 Å². The second kappa shape index (κ2) is 7.30. The van der Waals surface area contributed by atoms with Gasteiger partial charge in [-0.1, -0.05) is 18.2 Å². The van der Waals surface area contributed by atoms with Crippen molar-refractivity contribution in [2.24, 2.45) is 0 Å². The highest BCUT2D eigenvalue weighted by Gasteiger charge is 2.32. The lowest BCUT2D eigenvalue weighted by Gasteiger charge is -2.35. The Bertz CT molecular complexity index is 727. The number of hydrogen-bond donors (Lipinski definition) is 0. The molecule has 1 fully saturated rings. The number of carbonyl (C=O) groups is 1. The molecule has 0 spiro atoms. The molecule has 25 heavy (non-hydrogen) atoms. The number of rotatable bonds is 4. The van der Waals surface area contributed by atoms with E-state index in [4.69, 9.17) is 0 Å². The van der Waals surface area contributed by atoms with E-state index >= 15 is 0 Å². The van der Waals surface area contributed by atoms with Crippen LogP contribution in [0.15, 0.2) is 24.3 Å². The van der Waals surface area contributed by atoms with Crippen molar-refractivity contribution in [1.29, 1.82) is 0 Å². The summed E-state index contributed by atoms with van der Waals surface area (Å²) in [5, 5.41) is 0. The summed E-state index contributed by atoms with van der Waals surface area (Å²) in [5.41, 5.74) is -0.511. The van der Waals surface area contributed by atoms with Crippen molar-refractivity contribution in [3.63, 3.8) is 0 Å². The highest BCUT2D eigenvalue weighted by molar-refractivity contribution is 7.86. The summed E-state index contributed by atoms with van der Waals surface area (Å²) in [4.78, 5) is 13.8. The summed E-state index contributed by atoms with van der Waals surface area (Å²) in [6.45, 7) is 0.749. The first-order chi connectivity index (χ1) is 11.5. The Labute approximate surface area is 145 Å². The van der Waals surface area contributed by atoms with Gasteiger partial charge >= 0.3 is 6.18 Å². The molecule has 0 saturated carbocycles. The molecule has 0 radical (unpaired) electrons. The Morgan fingerprint density at radius 1 is 1.16 bits per heavy atom. The molecule has 1 aliphatic rings. The van der Waals surface area contributed by atoms with E-state index < -0.39 is 21.9 Å². The minimum Gasteiger partial charge on any atom is -0.340 e. The van der Waals surface area contributed by atoms with Gasteiger partial charge < -0.3 is 4.90 Å². The van der Waals surface area contributed by atoms with Crippen molar-refractivity contribution in [1.82, 2.24) is 13.5 Å². The number of halogens is 3. The molecule has 0 unspecified atom stereocenters. The topological polar surface area (TPSA) is 60.9 Å². The Kier molecular flexibility index (Phi) is 5.75. The number of amides is 1. The van der Waals surface area contributed by atoms with Gasteiger partial charge in [-0.05, 0) is 11.6 Å². The van der Waals surface area contributed by atoms with E-state index in [1.807, 2.05) is 0 Å². The Hall–Kier alpha value is -1.65. The molecule has 10 heteroatoms. The standard InChI is InChI=1S/C15H20F3N3O3S/c1-19(2)25(23,24)21-8-6-20(7-9-21)14(22)11-12-4-3-5-13(10-12)15(16,17)18/h3-5,10H,6-9,11H2,1-2H3. The van der Waals surface area contributed by atoms with Crippen molar-refractivity contribution in [2.75, 3.05) is 40.3 Å². The van der Waals surface area contributed by atoms with Crippen molar-refractivity contribution in [2.45, 2.75) is 12.6 Å². The predicted molar refractivity (Wildman–Crippen MR) is 85.9 cm³/mol. The van der Waals surface area contributed by atoms with Gasteiger partial charge in [0.15, 0.2) is 0 Å². The lowest BCUT2D eigenvalue weighted by Crippen LogP contribution is -2.53. The first-order valence-electron chi connectivity index (χ1n) is 7.63. The van der Waals surface area contributed by atoms with E-state index in [0.717, 1.165) is 16.4 Å². The third-order valence-electron chi connectivity index (χ3n) is 3.99. The van der Waals surface area contributed by atoms with E-state index in [0.29, 0.717) is 0 Å². The zero-order valence-corrected chi connectivity index (χ0v) is 14.8. The summed E-state index contributed by atoms with van der Waals surface area (Å²) in [6, 6.07) is 4.66. The highest BCUT2D eigenvalue weighted by Crippen LogP contribution is 2.29. The zero-order valence-electron chi connectivity index (χ0n) is 14.0. The normalized spacial score (nSPS) is 17.1. The maximum atomic E-state index is 12.7. The molecular weight excluding hydrogens is 359 g/mol. The summed E-state index contributed by atoms with van der Waals surface area (Å²) >= 11 is 0. The summed E-state index contributed by atoms with van der Waals surface area (Å²) in [5.74, 6) is -0.318. The Morgan fingerprint density at radius 2 is 1.76 bits per heavy atom. The van der Waals surface area contributed by atoms with Crippen molar-refractivity contribution in [3.8, 4) is 0 Å². The van der Waals surface area contributed by atoms with Crippen molar-refractivity contribution < 1.29 is 26.4 Å². The fourth-order valence-electron chi connectivity index (χ4n) is 2.54. The molecule has 0 bridgehead atoms. The van der Waals surface area contributed by atoms with Gasteiger partial charge in [0.05, 0.1) is 12.0 Å². The van der Waals surface area contributed by atoms with Crippen LogP contribution in [0.4, 0.5) is 13.2 Å². The van der Waals surface area contributed by atoms with Gasteiger partial charge in [-0.25, -0.2) is 0 Å². The molecule has 1 aromatic rings. The third kappa shape index (κ3) is 4.71. The van der Waals surface area contributed by atoms with Crippen LogP contribution in [-0.4, -0.2) is 68.1 Å². The molecule has 1 saturated heterocycles. The molecule has 6 nitrogen and oxygen atoms in total. The minimum absolute atomic E-state index is 0.148. The number of nitrogens with zero attached hydrogens (tertiary/aromatic N) is 3. The number of piperazine rings is 1. The molecule has 2 rings (SSSR count). The molecule has 1 aromatic carbocycles. The lowest BCUT2D eigenvalue weighted by atomic mass is 10.1. The van der Waals surface area contributed by atoms with Crippen LogP contribution < -0.4 is 0 Å². The van der Waals surface area contributed by atoms with Crippen LogP contribution >= 0.6 is 0 Å². The summed E-state index contributed by atoms with van der Waals surface area (Å²) < 4.78 is 64.6. The average molecular weight is 379 g/mol. The monoisotopic (exact) mass is 379 g/mol. The minimum atomic E-state index is -4.45. The molecule has 0 aromatic heterocycles. The molecule has 0 aliphatic carbocycles. The molecule has 1 amide bonds. The van der Waals surface area contributed by atoms with Gasteiger partial charge in [-0.15, -0.1) is 0 Å². The molecule has 1 aliphatic heterocycles. The van der Waals surface area contributed by atoms with Gasteiger partial charge in [-0.2, -0.15) is 30.2 Å². The number of hydrogen-bond acceptors (Lipinski definition) is 3. The second-order valence-corrected chi connectivity index (χ2v) is 8.09. The van der Waals surface area contributed by atoms with E-state index in [2.05, 4.69) is 0 Å². The molecule has 0 atom stereocenters. The van der Waals surface area contributed by atoms with Gasteiger partial charge in [0.25, 0.3) is 10.2 Å². The maximum Gasteiger partial charge on any atom is 0.416 e. The largest absolute Gasteiger partial charge is 0.416 e. The molecule has 0 N–H and O–H groups in total. The van der Waals surface area contributed by atoms with Gasteiger partial charge in [0.1, 0.15) is 0 Å². The predicted octanol–water partition coefficient (Wildman–Crippen LogP) is 1.20. The fourth-order valence-corrected chi connectivity index (χ4v) is 3.63. The van der Waals surface area contributed by atoms with Crippen molar-refractivity contribution >= 4 is 16.1 Å². The zero-order chi connectivity index (χ0) is 18.8. The first kappa shape index (κ1) is 19.7. The smallest absolute Gasteiger partial charge is 0.340 e. The molecular formula is C15H20F3N3O3S. The lowest BCUT2D eigenvalue weighted by molar-refractivity contribution is -0.138. The van der Waals surface area contributed by atoms with Crippen LogP contribution in [0.1, 0.15) is 11.1 Å². The van der Waals surface area contributed by atoms with E-state index in [9.17, 15) is 26.4 Å². The SMILES string of the molecule is CN(C)S(=O)(=O)N1CCN(C(=O)Cc2cccc(C(F)(F)F)c2)CC1. The fraction of sp³-hybridized carbons (Fsp3) is 0.533. The molecule has 1 heterocycles. The third-order valence-corrected chi connectivity index (χ3v) is 5.93. The van der Waals surface area contributed by atoms with Crippen molar-refractivity contribution in [3.05, 3.63) is 35.4 Å². The average Bonchev–Trinajstić information content (AvgIpc) is 2.54. The number of benzene rings is 1. The van der Waals surface area contributed by atoms with E-state index in [1.165, 1.54) is 35.4 Å². The van der Waals surface area contributed by atoms with Crippen LogP contribution in [0.3, 0.4) is 0 Å². The highest BCUT2D eigenvalue weighted by atomic mass is 32.2. The number of carbonyl (C=O) groups excluding carboxylic acids is 1. The van der Waals surface area contributed by atoms with Crippen LogP contribution in [0.5, 0.6) is 0 Å². The second-order valence-electron chi connectivity index (χ2n) is 5.94. The van der Waals surface area contributed by atoms with Gasteiger partial charge in [0.2, 0.25) is 5.91 Å². The van der Waals surface area contributed by atoms with Crippen LogP contribution in [0, 0.1) is 0 Å². The maximum absolute atomic E-state index is 12.7. The Morgan fingerprint density at radius 3 is 2.28 bits per heavy atom. The number of alkyl halides is 3. The van der Waals surface area contributed by atoms with Crippen LogP contribution in [0.2, 0.25) is 0 Å². The van der Waals surface area contributed by atoms with Crippen LogP contribution in [0.25, 0.3) is 0 Å². The quantitative estimate of drug-likeness (QED) is 0.790. The Balaban J connectivity index is 1.98. The molecule has 140 valence electrons. The summed E-state index contributed by atoms with van der Waals surface area (Å²) in [6.07, 6.45) is -4.60. The summed E-state index contributed by atoms with van der Waals surface area (Å²) in [7, 11) is -0.664. The van der Waals surface area contributed by atoms with E-state index in [1.54, 1.807) is 0 Å². The van der Waals surface area contributed by atoms with E-state index in [-0.39, 0.29) is 44.1 Å². The van der Waals surface area contributed by atoms with Gasteiger partial charge in [-0.3, -0.25) is 4.79 Å². The first-order valence-corrected chi connectivity index (χ1v) is 9.03.